The molecule has 3 heterocycles. The van der Waals surface area contributed by atoms with E-state index >= 15 is 4.39 Å². The lowest BCUT2D eigenvalue weighted by Crippen LogP contribution is -2.48. The quantitative estimate of drug-likeness (QED) is 0.490. The molecule has 3 aromatic rings. The molecule has 0 atom stereocenters. The molecule has 5 rings (SSSR count). The Morgan fingerprint density at radius 1 is 0.944 bits per heavy atom. The van der Waals surface area contributed by atoms with Gasteiger partial charge in [0.05, 0.1) is 10.4 Å². The first-order valence-electron chi connectivity index (χ1n) is 13.1. The molecule has 194 valence electrons. The Labute approximate surface area is 214 Å². The van der Waals surface area contributed by atoms with Gasteiger partial charge in [0.25, 0.3) is 0 Å². The first kappa shape index (κ1) is 25.4. The summed E-state index contributed by atoms with van der Waals surface area (Å²) in [6, 6.07) is 11.8. The molecule has 2 aliphatic rings. The van der Waals surface area contributed by atoms with Crippen LogP contribution in [-0.4, -0.2) is 72.3 Å². The number of hydrogen-bond acceptors (Lipinski definition) is 5. The summed E-state index contributed by atoms with van der Waals surface area (Å²) >= 11 is 0. The second kappa shape index (κ2) is 9.88. The summed E-state index contributed by atoms with van der Waals surface area (Å²) in [5, 5.41) is 0. The van der Waals surface area contributed by atoms with Crippen LogP contribution in [0.2, 0.25) is 0 Å². The predicted molar refractivity (Wildman–Crippen MR) is 142 cm³/mol. The molecule has 0 spiro atoms. The molecule has 0 aliphatic carbocycles. The van der Waals surface area contributed by atoms with E-state index in [1.807, 2.05) is 23.7 Å². The molecule has 0 radical (unpaired) electrons. The van der Waals surface area contributed by atoms with E-state index < -0.39 is 9.84 Å². The molecule has 1 aromatic heterocycles. The SMILES string of the molecule is CC(C)N1CCC(N2CCC(c3ccc4c(nc(-c5ccc(S(C)(=O)=O)cc5)n4C)c3F)CC2)CC1. The van der Waals surface area contributed by atoms with Crippen LogP contribution in [0.3, 0.4) is 0 Å². The third-order valence-corrected chi connectivity index (χ3v) is 9.41. The number of aromatic nitrogens is 2. The van der Waals surface area contributed by atoms with Crippen molar-refractivity contribution in [3.8, 4) is 11.4 Å². The van der Waals surface area contributed by atoms with Gasteiger partial charge in [-0.15, -0.1) is 0 Å². The summed E-state index contributed by atoms with van der Waals surface area (Å²) in [6.45, 7) is 8.94. The number of benzene rings is 2. The van der Waals surface area contributed by atoms with Crippen LogP contribution in [0.5, 0.6) is 0 Å². The topological polar surface area (TPSA) is 58.4 Å². The Morgan fingerprint density at radius 3 is 2.17 bits per heavy atom. The van der Waals surface area contributed by atoms with Crippen LogP contribution in [0, 0.1) is 5.82 Å². The molecule has 0 N–H and O–H groups in total. The Bertz CT molecular complexity index is 1330. The summed E-state index contributed by atoms with van der Waals surface area (Å²) < 4.78 is 41.2. The van der Waals surface area contributed by atoms with E-state index in [2.05, 4.69) is 28.6 Å². The molecule has 0 unspecified atom stereocenters. The van der Waals surface area contributed by atoms with Gasteiger partial charge in [-0.05, 0) is 108 Å². The van der Waals surface area contributed by atoms with Crippen molar-refractivity contribution >= 4 is 20.9 Å². The molecule has 2 aliphatic heterocycles. The van der Waals surface area contributed by atoms with Crippen LogP contribution >= 0.6 is 0 Å². The van der Waals surface area contributed by atoms with E-state index in [-0.39, 0.29) is 16.6 Å². The van der Waals surface area contributed by atoms with Crippen LogP contribution in [-0.2, 0) is 16.9 Å². The minimum atomic E-state index is -3.27. The van der Waals surface area contributed by atoms with Crippen LogP contribution in [0.25, 0.3) is 22.4 Å². The highest BCUT2D eigenvalue weighted by Gasteiger charge is 2.31. The van der Waals surface area contributed by atoms with E-state index in [0.717, 1.165) is 42.6 Å². The van der Waals surface area contributed by atoms with Gasteiger partial charge in [-0.2, -0.15) is 0 Å². The van der Waals surface area contributed by atoms with Crippen molar-refractivity contribution < 1.29 is 12.8 Å². The first-order valence-corrected chi connectivity index (χ1v) is 15.0. The highest BCUT2D eigenvalue weighted by Crippen LogP contribution is 2.35. The number of sulfone groups is 1. The lowest BCUT2D eigenvalue weighted by molar-refractivity contribution is 0.0751. The van der Waals surface area contributed by atoms with Gasteiger partial charge in [0.2, 0.25) is 0 Å². The van der Waals surface area contributed by atoms with Gasteiger partial charge in [-0.3, -0.25) is 0 Å². The second-order valence-electron chi connectivity index (χ2n) is 10.8. The van der Waals surface area contributed by atoms with Gasteiger partial charge >= 0.3 is 0 Å². The zero-order valence-corrected chi connectivity index (χ0v) is 22.6. The fourth-order valence-corrected chi connectivity index (χ4v) is 6.64. The third-order valence-electron chi connectivity index (χ3n) is 8.28. The summed E-state index contributed by atoms with van der Waals surface area (Å²) in [7, 11) is -1.40. The number of fused-ring (bicyclic) bond motifs is 1. The number of likely N-dealkylation sites (tertiary alicyclic amines) is 2. The zero-order valence-electron chi connectivity index (χ0n) is 21.7. The molecule has 8 heteroatoms. The molecule has 2 saturated heterocycles. The smallest absolute Gasteiger partial charge is 0.175 e. The normalized spacial score (nSPS) is 19.5. The number of hydrogen-bond donors (Lipinski definition) is 0. The second-order valence-corrected chi connectivity index (χ2v) is 12.8. The van der Waals surface area contributed by atoms with Crippen LogP contribution in [0.15, 0.2) is 41.3 Å². The standard InChI is InChI=1S/C28H37FN4O2S/c1-19(2)32-17-13-22(14-18-32)33-15-11-20(12-16-33)24-9-10-25-27(26(24)29)30-28(31(25)3)21-5-7-23(8-6-21)36(4,34)35/h5-10,19-20,22H,11-18H2,1-4H3. The largest absolute Gasteiger partial charge is 0.327 e. The molecule has 0 amide bonds. The van der Waals surface area contributed by atoms with E-state index in [4.69, 9.17) is 0 Å². The lowest BCUT2D eigenvalue weighted by Gasteiger charge is -2.42. The van der Waals surface area contributed by atoms with Crippen molar-refractivity contribution in [2.45, 2.75) is 62.4 Å². The average molecular weight is 513 g/mol. The van der Waals surface area contributed by atoms with Gasteiger partial charge in [-0.1, -0.05) is 6.07 Å². The molecule has 2 aromatic carbocycles. The van der Waals surface area contributed by atoms with Crippen molar-refractivity contribution in [3.05, 3.63) is 47.8 Å². The predicted octanol–water partition coefficient (Wildman–Crippen LogP) is 4.84. The number of piperidine rings is 2. The Hall–Kier alpha value is -2.29. The van der Waals surface area contributed by atoms with Crippen molar-refractivity contribution in [1.82, 2.24) is 19.4 Å². The number of nitrogens with zero attached hydrogens (tertiary/aromatic N) is 4. The van der Waals surface area contributed by atoms with Crippen LogP contribution < -0.4 is 0 Å². The highest BCUT2D eigenvalue weighted by atomic mass is 32.2. The maximum absolute atomic E-state index is 15.8. The van der Waals surface area contributed by atoms with Gasteiger partial charge in [-0.25, -0.2) is 17.8 Å². The number of aryl methyl sites for hydroxylation is 1. The molecular formula is C28H37FN4O2S. The zero-order chi connectivity index (χ0) is 25.6. The number of imidazole rings is 1. The molecule has 2 fully saturated rings. The Balaban J connectivity index is 1.32. The molecular weight excluding hydrogens is 475 g/mol. The van der Waals surface area contributed by atoms with Crippen molar-refractivity contribution in [3.63, 3.8) is 0 Å². The fraction of sp³-hybridized carbons (Fsp3) is 0.536. The van der Waals surface area contributed by atoms with Gasteiger partial charge < -0.3 is 14.4 Å². The van der Waals surface area contributed by atoms with E-state index in [9.17, 15) is 8.42 Å². The summed E-state index contributed by atoms with van der Waals surface area (Å²) in [6.07, 6.45) is 5.59. The number of halogens is 1. The van der Waals surface area contributed by atoms with E-state index in [1.54, 1.807) is 24.3 Å². The van der Waals surface area contributed by atoms with Crippen LogP contribution in [0.4, 0.5) is 4.39 Å². The lowest BCUT2D eigenvalue weighted by atomic mass is 9.87. The third kappa shape index (κ3) is 4.83. The Morgan fingerprint density at radius 2 is 1.58 bits per heavy atom. The van der Waals surface area contributed by atoms with Gasteiger partial charge in [0, 0.05) is 31.0 Å². The monoisotopic (exact) mass is 512 g/mol. The van der Waals surface area contributed by atoms with Gasteiger partial charge in [0.1, 0.15) is 11.3 Å². The molecule has 0 saturated carbocycles. The molecule has 0 bridgehead atoms. The van der Waals surface area contributed by atoms with Crippen molar-refractivity contribution in [2.75, 3.05) is 32.4 Å². The van der Waals surface area contributed by atoms with Crippen molar-refractivity contribution in [2.24, 2.45) is 7.05 Å². The highest BCUT2D eigenvalue weighted by molar-refractivity contribution is 7.90. The minimum Gasteiger partial charge on any atom is -0.327 e. The Kier molecular flexibility index (Phi) is 6.96. The fourth-order valence-electron chi connectivity index (χ4n) is 6.01. The summed E-state index contributed by atoms with van der Waals surface area (Å²) in [5.74, 6) is 0.621. The van der Waals surface area contributed by atoms with Crippen LogP contribution in [0.1, 0.15) is 51.0 Å². The molecule has 6 nitrogen and oxygen atoms in total. The van der Waals surface area contributed by atoms with E-state index in [1.165, 1.54) is 32.2 Å². The minimum absolute atomic E-state index is 0.209. The maximum Gasteiger partial charge on any atom is 0.175 e. The number of rotatable bonds is 5. The summed E-state index contributed by atoms with van der Waals surface area (Å²) in [5.41, 5.74) is 2.67. The molecule has 36 heavy (non-hydrogen) atoms. The first-order chi connectivity index (χ1) is 17.1. The van der Waals surface area contributed by atoms with Gasteiger partial charge in [0.15, 0.2) is 15.7 Å². The van der Waals surface area contributed by atoms with E-state index in [0.29, 0.717) is 23.4 Å². The maximum atomic E-state index is 15.8. The van der Waals surface area contributed by atoms with Crippen molar-refractivity contribution in [1.29, 1.82) is 0 Å². The average Bonchev–Trinajstić information content (AvgIpc) is 3.21. The summed E-state index contributed by atoms with van der Waals surface area (Å²) in [4.78, 5) is 10.1.